The molecule has 5 aromatic rings. The van der Waals surface area contributed by atoms with Crippen molar-refractivity contribution in [1.82, 2.24) is 10.3 Å². The van der Waals surface area contributed by atoms with Crippen LogP contribution in [0.1, 0.15) is 26.7 Å². The Kier molecular flexibility index (Phi) is 12.1. The number of pyridine rings is 1. The van der Waals surface area contributed by atoms with Crippen molar-refractivity contribution >= 4 is 58.7 Å². The summed E-state index contributed by atoms with van der Waals surface area (Å²) >= 11 is 7.27. The lowest BCUT2D eigenvalue weighted by molar-refractivity contribution is -0.116. The van der Waals surface area contributed by atoms with Gasteiger partial charge in [0.25, 0.3) is 11.8 Å². The highest BCUT2D eigenvalue weighted by molar-refractivity contribution is 8.00. The van der Waals surface area contributed by atoms with Gasteiger partial charge in [-0.2, -0.15) is 0 Å². The number of rotatable bonds is 13. The molecule has 50 heavy (non-hydrogen) atoms. The SMILES string of the molecule is COc1cc(OC)c(OC)cc1/C=C(/NC(=O)c1ccccc1)C(=O)Nc1cccc(SC(C(=O)Nc2ccc(Cl)cn2)c2ccccc2)c1. The van der Waals surface area contributed by atoms with Crippen LogP contribution in [0, 0.1) is 0 Å². The number of halogens is 1. The summed E-state index contributed by atoms with van der Waals surface area (Å²) in [5.74, 6) is 0.221. The number of amides is 3. The summed E-state index contributed by atoms with van der Waals surface area (Å²) in [6.07, 6.45) is 2.95. The molecule has 1 unspecified atom stereocenters. The van der Waals surface area contributed by atoms with Crippen molar-refractivity contribution in [2.24, 2.45) is 0 Å². The molecule has 0 aliphatic heterocycles. The molecule has 1 heterocycles. The Morgan fingerprint density at radius 1 is 0.760 bits per heavy atom. The predicted molar refractivity (Wildman–Crippen MR) is 196 cm³/mol. The van der Waals surface area contributed by atoms with Crippen molar-refractivity contribution in [3.8, 4) is 17.2 Å². The van der Waals surface area contributed by atoms with Crippen LogP contribution in [0.2, 0.25) is 5.02 Å². The molecule has 0 fully saturated rings. The molecule has 10 nitrogen and oxygen atoms in total. The Balaban J connectivity index is 1.43. The lowest BCUT2D eigenvalue weighted by Gasteiger charge is -2.18. The number of nitrogens with one attached hydrogen (secondary N) is 3. The molecule has 12 heteroatoms. The van der Waals surface area contributed by atoms with Crippen molar-refractivity contribution in [2.45, 2.75) is 10.1 Å². The molecule has 0 radical (unpaired) electrons. The summed E-state index contributed by atoms with van der Waals surface area (Å²) in [7, 11) is 4.48. The third-order valence-electron chi connectivity index (χ3n) is 7.23. The van der Waals surface area contributed by atoms with Gasteiger partial charge in [0.15, 0.2) is 11.5 Å². The van der Waals surface area contributed by atoms with E-state index in [1.54, 1.807) is 72.8 Å². The maximum atomic E-state index is 13.9. The minimum atomic E-state index is -0.655. The van der Waals surface area contributed by atoms with Crippen LogP contribution in [0.5, 0.6) is 17.2 Å². The zero-order valence-corrected chi connectivity index (χ0v) is 28.9. The van der Waals surface area contributed by atoms with Gasteiger partial charge in [0, 0.05) is 34.0 Å². The number of anilines is 2. The summed E-state index contributed by atoms with van der Waals surface area (Å²) in [5.41, 5.74) is 1.98. The zero-order valence-electron chi connectivity index (χ0n) is 27.3. The van der Waals surface area contributed by atoms with Crippen molar-refractivity contribution in [3.05, 3.63) is 143 Å². The number of ether oxygens (including phenoxy) is 3. The lowest BCUT2D eigenvalue weighted by atomic mass is 10.1. The second kappa shape index (κ2) is 17.0. The van der Waals surface area contributed by atoms with Gasteiger partial charge in [-0.15, -0.1) is 11.8 Å². The van der Waals surface area contributed by atoms with Crippen molar-refractivity contribution in [3.63, 3.8) is 0 Å². The standard InChI is InChI=1S/C38H33ClN4O6S/c1-47-31-22-33(49-3)32(48-2)20-26(31)19-30(42-36(44)25-13-8-5-9-14-25)37(45)41-28-15-10-16-29(21-28)50-35(24-11-6-4-7-12-24)38(46)43-34-18-17-27(39)23-40-34/h4-23,35H,1-3H3,(H,41,45)(H,42,44)(H,40,43,46)/b30-19+. The van der Waals surface area contributed by atoms with E-state index in [4.69, 9.17) is 25.8 Å². The first-order chi connectivity index (χ1) is 24.3. The third-order valence-corrected chi connectivity index (χ3v) is 8.70. The largest absolute Gasteiger partial charge is 0.496 e. The second-order valence-electron chi connectivity index (χ2n) is 10.6. The molecule has 0 aliphatic rings. The Morgan fingerprint density at radius 3 is 2.10 bits per heavy atom. The van der Waals surface area contributed by atoms with Gasteiger partial charge in [-0.05, 0) is 60.2 Å². The fraction of sp³-hybridized carbons (Fsp3) is 0.105. The maximum Gasteiger partial charge on any atom is 0.272 e. The van der Waals surface area contributed by atoms with E-state index in [9.17, 15) is 14.4 Å². The van der Waals surface area contributed by atoms with Crippen LogP contribution < -0.4 is 30.2 Å². The molecule has 3 amide bonds. The third kappa shape index (κ3) is 9.22. The Hall–Kier alpha value is -5.78. The van der Waals surface area contributed by atoms with Crippen LogP contribution in [0.4, 0.5) is 11.5 Å². The molecular weight excluding hydrogens is 676 g/mol. The van der Waals surface area contributed by atoms with E-state index in [2.05, 4.69) is 20.9 Å². The van der Waals surface area contributed by atoms with Crippen LogP contribution >= 0.6 is 23.4 Å². The molecule has 0 saturated heterocycles. The quantitative estimate of drug-likeness (QED) is 0.0841. The summed E-state index contributed by atoms with van der Waals surface area (Å²) in [4.78, 5) is 45.5. The van der Waals surface area contributed by atoms with Crippen molar-refractivity contribution < 1.29 is 28.6 Å². The first kappa shape index (κ1) is 35.5. The van der Waals surface area contributed by atoms with Crippen LogP contribution in [-0.4, -0.2) is 44.0 Å². The van der Waals surface area contributed by atoms with Crippen molar-refractivity contribution in [1.29, 1.82) is 0 Å². The number of carbonyl (C=O) groups excluding carboxylic acids is 3. The highest BCUT2D eigenvalue weighted by atomic mass is 35.5. The molecule has 0 aliphatic carbocycles. The summed E-state index contributed by atoms with van der Waals surface area (Å²) in [6, 6.07) is 31.5. The Morgan fingerprint density at radius 2 is 1.44 bits per heavy atom. The number of aromatic nitrogens is 1. The first-order valence-corrected chi connectivity index (χ1v) is 16.5. The number of methoxy groups -OCH3 is 3. The molecule has 0 saturated carbocycles. The summed E-state index contributed by atoms with van der Waals surface area (Å²) in [6.45, 7) is 0. The first-order valence-electron chi connectivity index (χ1n) is 15.2. The normalized spacial score (nSPS) is 11.6. The maximum absolute atomic E-state index is 13.9. The molecular formula is C38H33ClN4O6S. The Labute approximate surface area is 298 Å². The molecule has 1 aromatic heterocycles. The van der Waals surface area contributed by atoms with Crippen LogP contribution in [0.15, 0.2) is 126 Å². The van der Waals surface area contributed by atoms with Gasteiger partial charge in [0.05, 0.1) is 26.4 Å². The van der Waals surface area contributed by atoms with Gasteiger partial charge in [0.1, 0.15) is 22.5 Å². The van der Waals surface area contributed by atoms with Gasteiger partial charge < -0.3 is 30.2 Å². The van der Waals surface area contributed by atoms with Gasteiger partial charge >= 0.3 is 0 Å². The van der Waals surface area contributed by atoms with Gasteiger partial charge in [-0.25, -0.2) is 4.98 Å². The smallest absolute Gasteiger partial charge is 0.272 e. The second-order valence-corrected chi connectivity index (χ2v) is 12.2. The molecule has 1 atom stereocenters. The minimum Gasteiger partial charge on any atom is -0.496 e. The monoisotopic (exact) mass is 708 g/mol. The van der Waals surface area contributed by atoms with Gasteiger partial charge in [0.2, 0.25) is 5.91 Å². The van der Waals surface area contributed by atoms with E-state index in [0.717, 1.165) is 5.56 Å². The fourth-order valence-corrected chi connectivity index (χ4v) is 5.98. The van der Waals surface area contributed by atoms with Gasteiger partial charge in [-0.3, -0.25) is 14.4 Å². The van der Waals surface area contributed by atoms with Crippen LogP contribution in [-0.2, 0) is 9.59 Å². The molecule has 3 N–H and O–H groups in total. The van der Waals surface area contributed by atoms with Crippen molar-refractivity contribution in [2.75, 3.05) is 32.0 Å². The molecule has 5 rings (SSSR count). The number of carbonyl (C=O) groups is 3. The number of nitrogens with zero attached hydrogens (tertiary/aromatic N) is 1. The summed E-state index contributed by atoms with van der Waals surface area (Å²) < 4.78 is 16.4. The molecule has 4 aromatic carbocycles. The van der Waals surface area contributed by atoms with E-state index >= 15 is 0 Å². The predicted octanol–water partition coefficient (Wildman–Crippen LogP) is 7.64. The van der Waals surface area contributed by atoms with Crippen LogP contribution in [0.25, 0.3) is 6.08 Å². The van der Waals surface area contributed by atoms with Gasteiger partial charge in [-0.1, -0.05) is 66.2 Å². The minimum absolute atomic E-state index is 0.0561. The average Bonchev–Trinajstić information content (AvgIpc) is 3.15. The Bertz CT molecular complexity index is 1990. The number of hydrogen-bond donors (Lipinski definition) is 3. The molecule has 0 bridgehead atoms. The number of hydrogen-bond acceptors (Lipinski definition) is 8. The molecule has 254 valence electrons. The average molecular weight is 709 g/mol. The highest BCUT2D eigenvalue weighted by Gasteiger charge is 2.23. The van der Waals surface area contributed by atoms with E-state index in [1.165, 1.54) is 45.4 Å². The molecule has 0 spiro atoms. The topological polar surface area (TPSA) is 128 Å². The van der Waals surface area contributed by atoms with Crippen LogP contribution in [0.3, 0.4) is 0 Å². The van der Waals surface area contributed by atoms with E-state index in [1.807, 2.05) is 36.4 Å². The lowest BCUT2D eigenvalue weighted by Crippen LogP contribution is -2.30. The zero-order chi connectivity index (χ0) is 35.5. The van der Waals surface area contributed by atoms with E-state index in [0.29, 0.717) is 49.8 Å². The summed E-state index contributed by atoms with van der Waals surface area (Å²) in [5, 5.41) is 8.28. The number of thioether (sulfide) groups is 1. The number of benzene rings is 4. The fourth-order valence-electron chi connectivity index (χ4n) is 4.79. The van der Waals surface area contributed by atoms with E-state index in [-0.39, 0.29) is 11.6 Å². The highest BCUT2D eigenvalue weighted by Crippen LogP contribution is 2.38. The van der Waals surface area contributed by atoms with E-state index < -0.39 is 17.1 Å².